The summed E-state index contributed by atoms with van der Waals surface area (Å²) in [7, 11) is 0. The van der Waals surface area contributed by atoms with E-state index in [0.29, 0.717) is 13.0 Å². The van der Waals surface area contributed by atoms with Crippen molar-refractivity contribution in [1.82, 2.24) is 4.98 Å². The van der Waals surface area contributed by atoms with Crippen LogP contribution in [0.5, 0.6) is 5.75 Å². The molecule has 0 saturated carbocycles. The van der Waals surface area contributed by atoms with Crippen molar-refractivity contribution < 1.29 is 9.84 Å². The van der Waals surface area contributed by atoms with E-state index >= 15 is 0 Å². The maximum absolute atomic E-state index is 9.08. The van der Waals surface area contributed by atoms with Crippen molar-refractivity contribution in [3.8, 4) is 5.75 Å². The van der Waals surface area contributed by atoms with E-state index in [1.54, 1.807) is 6.92 Å². The van der Waals surface area contributed by atoms with Gasteiger partial charge in [0.2, 0.25) is 0 Å². The number of benzene rings is 1. The Labute approximate surface area is 88.7 Å². The molecule has 1 aromatic carbocycles. The minimum Gasteiger partial charge on any atom is -0.493 e. The van der Waals surface area contributed by atoms with Gasteiger partial charge in [-0.3, -0.25) is 0 Å². The second-order valence-corrected chi connectivity index (χ2v) is 3.71. The molecule has 0 amide bonds. The molecule has 1 heterocycles. The molecule has 0 fully saturated rings. The molecule has 0 spiro atoms. The van der Waals surface area contributed by atoms with Gasteiger partial charge in [-0.25, -0.2) is 0 Å². The Morgan fingerprint density at radius 3 is 3.07 bits per heavy atom. The van der Waals surface area contributed by atoms with Crippen molar-refractivity contribution in [2.75, 3.05) is 6.61 Å². The summed E-state index contributed by atoms with van der Waals surface area (Å²) in [5, 5.41) is 10.2. The highest BCUT2D eigenvalue weighted by atomic mass is 16.5. The van der Waals surface area contributed by atoms with Crippen LogP contribution < -0.4 is 4.74 Å². The van der Waals surface area contributed by atoms with Gasteiger partial charge in [-0.05, 0) is 31.2 Å². The molecule has 0 aliphatic heterocycles. The van der Waals surface area contributed by atoms with Crippen LogP contribution in [0.25, 0.3) is 10.9 Å². The Balaban J connectivity index is 2.02. The quantitative estimate of drug-likeness (QED) is 0.804. The Bertz CT molecular complexity index is 434. The van der Waals surface area contributed by atoms with Gasteiger partial charge in [0.15, 0.2) is 0 Å². The predicted molar refractivity (Wildman–Crippen MR) is 60.1 cm³/mol. The Morgan fingerprint density at radius 1 is 1.40 bits per heavy atom. The third kappa shape index (κ3) is 2.50. The Hall–Kier alpha value is -1.48. The summed E-state index contributed by atoms with van der Waals surface area (Å²) in [4.78, 5) is 3.13. The lowest BCUT2D eigenvalue weighted by molar-refractivity contribution is 0.155. The van der Waals surface area contributed by atoms with E-state index in [0.717, 1.165) is 16.7 Å². The fourth-order valence-electron chi connectivity index (χ4n) is 1.47. The molecule has 3 nitrogen and oxygen atoms in total. The average molecular weight is 205 g/mol. The van der Waals surface area contributed by atoms with Gasteiger partial charge in [0, 0.05) is 23.5 Å². The maximum atomic E-state index is 9.08. The van der Waals surface area contributed by atoms with Crippen molar-refractivity contribution in [3.05, 3.63) is 30.5 Å². The zero-order valence-electron chi connectivity index (χ0n) is 8.73. The zero-order chi connectivity index (χ0) is 10.7. The summed E-state index contributed by atoms with van der Waals surface area (Å²) in [5.41, 5.74) is 1.11. The molecule has 0 aliphatic rings. The first-order valence-corrected chi connectivity index (χ1v) is 5.14. The van der Waals surface area contributed by atoms with Crippen LogP contribution in [-0.2, 0) is 0 Å². The monoisotopic (exact) mass is 205 g/mol. The van der Waals surface area contributed by atoms with E-state index in [1.165, 1.54) is 0 Å². The maximum Gasteiger partial charge on any atom is 0.120 e. The standard InChI is InChI=1S/C12H15NO2/c1-9(14)5-7-15-11-2-3-12-10(8-11)4-6-13-12/h2-4,6,8-9,13-14H,5,7H2,1H3. The highest BCUT2D eigenvalue weighted by Gasteiger charge is 1.99. The summed E-state index contributed by atoms with van der Waals surface area (Å²) >= 11 is 0. The lowest BCUT2D eigenvalue weighted by atomic mass is 10.2. The highest BCUT2D eigenvalue weighted by Crippen LogP contribution is 2.19. The number of fused-ring (bicyclic) bond motifs is 1. The molecule has 2 rings (SSSR count). The van der Waals surface area contributed by atoms with Gasteiger partial charge in [-0.1, -0.05) is 0 Å². The summed E-state index contributed by atoms with van der Waals surface area (Å²) in [5.74, 6) is 0.850. The molecular formula is C12H15NO2. The second-order valence-electron chi connectivity index (χ2n) is 3.71. The molecule has 1 unspecified atom stereocenters. The lowest BCUT2D eigenvalue weighted by Crippen LogP contribution is -2.07. The van der Waals surface area contributed by atoms with Gasteiger partial charge in [-0.15, -0.1) is 0 Å². The van der Waals surface area contributed by atoms with E-state index < -0.39 is 0 Å². The SMILES string of the molecule is CC(O)CCOc1ccc2[nH]ccc2c1. The molecule has 15 heavy (non-hydrogen) atoms. The topological polar surface area (TPSA) is 45.2 Å². The predicted octanol–water partition coefficient (Wildman–Crippen LogP) is 2.32. The first-order chi connectivity index (χ1) is 7.25. The van der Waals surface area contributed by atoms with Crippen molar-refractivity contribution in [3.63, 3.8) is 0 Å². The van der Waals surface area contributed by atoms with E-state index in [4.69, 9.17) is 9.84 Å². The largest absolute Gasteiger partial charge is 0.493 e. The molecule has 80 valence electrons. The summed E-state index contributed by atoms with van der Waals surface area (Å²) in [6, 6.07) is 7.93. The van der Waals surface area contributed by atoms with Crippen LogP contribution in [0.15, 0.2) is 30.5 Å². The number of aliphatic hydroxyl groups excluding tert-OH is 1. The summed E-state index contributed by atoms with van der Waals surface area (Å²) < 4.78 is 5.52. The number of aromatic nitrogens is 1. The molecule has 2 aromatic rings. The molecule has 0 bridgehead atoms. The normalized spacial score (nSPS) is 12.9. The van der Waals surface area contributed by atoms with Gasteiger partial charge in [0.05, 0.1) is 12.7 Å². The lowest BCUT2D eigenvalue weighted by Gasteiger charge is -2.07. The van der Waals surface area contributed by atoms with Crippen molar-refractivity contribution >= 4 is 10.9 Å². The minimum atomic E-state index is -0.305. The van der Waals surface area contributed by atoms with Crippen LogP contribution >= 0.6 is 0 Å². The number of ether oxygens (including phenoxy) is 1. The summed E-state index contributed by atoms with van der Waals surface area (Å²) in [6.45, 7) is 2.31. The van der Waals surface area contributed by atoms with E-state index in [2.05, 4.69) is 4.98 Å². The number of aromatic amines is 1. The fraction of sp³-hybridized carbons (Fsp3) is 0.333. The number of hydrogen-bond donors (Lipinski definition) is 2. The highest BCUT2D eigenvalue weighted by molar-refractivity contribution is 5.80. The number of rotatable bonds is 4. The second kappa shape index (κ2) is 4.36. The number of H-pyrrole nitrogens is 1. The van der Waals surface area contributed by atoms with Crippen LogP contribution in [-0.4, -0.2) is 22.8 Å². The van der Waals surface area contributed by atoms with Crippen LogP contribution in [0.1, 0.15) is 13.3 Å². The van der Waals surface area contributed by atoms with Crippen molar-refractivity contribution in [2.45, 2.75) is 19.4 Å². The molecule has 0 saturated heterocycles. The third-order valence-corrected chi connectivity index (χ3v) is 2.33. The first kappa shape index (κ1) is 10.1. The average Bonchev–Trinajstić information content (AvgIpc) is 2.64. The van der Waals surface area contributed by atoms with Crippen LogP contribution in [0.3, 0.4) is 0 Å². The van der Waals surface area contributed by atoms with Gasteiger partial charge >= 0.3 is 0 Å². The molecule has 1 aromatic heterocycles. The van der Waals surface area contributed by atoms with E-state index in [1.807, 2.05) is 30.5 Å². The van der Waals surface area contributed by atoms with Crippen LogP contribution in [0.2, 0.25) is 0 Å². The van der Waals surface area contributed by atoms with E-state index in [-0.39, 0.29) is 6.10 Å². The van der Waals surface area contributed by atoms with Crippen LogP contribution in [0, 0.1) is 0 Å². The van der Waals surface area contributed by atoms with Crippen LogP contribution in [0.4, 0.5) is 0 Å². The number of aliphatic hydroxyl groups is 1. The first-order valence-electron chi connectivity index (χ1n) is 5.14. The smallest absolute Gasteiger partial charge is 0.120 e. The Morgan fingerprint density at radius 2 is 2.27 bits per heavy atom. The summed E-state index contributed by atoms with van der Waals surface area (Å²) in [6.07, 6.45) is 2.26. The van der Waals surface area contributed by atoms with E-state index in [9.17, 15) is 0 Å². The third-order valence-electron chi connectivity index (χ3n) is 2.33. The van der Waals surface area contributed by atoms with Gasteiger partial charge in [0.25, 0.3) is 0 Å². The van der Waals surface area contributed by atoms with Gasteiger partial charge in [0.1, 0.15) is 5.75 Å². The molecule has 3 heteroatoms. The van der Waals surface area contributed by atoms with Gasteiger partial charge in [-0.2, -0.15) is 0 Å². The Kier molecular flexibility index (Phi) is 2.92. The molecule has 0 radical (unpaired) electrons. The molecule has 1 atom stereocenters. The zero-order valence-corrected chi connectivity index (χ0v) is 8.73. The van der Waals surface area contributed by atoms with Crippen molar-refractivity contribution in [1.29, 1.82) is 0 Å². The van der Waals surface area contributed by atoms with Crippen molar-refractivity contribution in [2.24, 2.45) is 0 Å². The minimum absolute atomic E-state index is 0.305. The molecular weight excluding hydrogens is 190 g/mol. The number of hydrogen-bond acceptors (Lipinski definition) is 2. The fourth-order valence-corrected chi connectivity index (χ4v) is 1.47. The number of nitrogens with one attached hydrogen (secondary N) is 1. The molecule has 0 aliphatic carbocycles. The van der Waals surface area contributed by atoms with Gasteiger partial charge < -0.3 is 14.8 Å². The molecule has 2 N–H and O–H groups in total.